The van der Waals surface area contributed by atoms with Crippen molar-refractivity contribution in [2.24, 2.45) is 0 Å². The summed E-state index contributed by atoms with van der Waals surface area (Å²) in [5, 5.41) is 3.13. The first-order valence-corrected chi connectivity index (χ1v) is 10.7. The number of piperazine rings is 1. The van der Waals surface area contributed by atoms with Crippen molar-refractivity contribution in [3.05, 3.63) is 90.3 Å². The summed E-state index contributed by atoms with van der Waals surface area (Å²) in [5.41, 5.74) is 3.06. The van der Waals surface area contributed by atoms with Crippen LogP contribution in [0.15, 0.2) is 79.1 Å². The Labute approximate surface area is 183 Å². The smallest absolute Gasteiger partial charge is 0.251 e. The fraction of sp³-hybridized carbons (Fsp3) is 0.280. The van der Waals surface area contributed by atoms with Crippen LogP contribution < -0.4 is 19.9 Å². The van der Waals surface area contributed by atoms with E-state index >= 15 is 0 Å². The molecule has 0 bridgehead atoms. The summed E-state index contributed by atoms with van der Waals surface area (Å²) in [4.78, 5) is 20.9. The minimum Gasteiger partial charge on any atom is -0.497 e. The van der Waals surface area contributed by atoms with Gasteiger partial charge in [-0.3, -0.25) is 9.78 Å². The number of quaternary nitrogens is 1. The van der Waals surface area contributed by atoms with Crippen molar-refractivity contribution >= 4 is 11.6 Å². The van der Waals surface area contributed by atoms with Crippen molar-refractivity contribution in [2.45, 2.75) is 6.04 Å². The summed E-state index contributed by atoms with van der Waals surface area (Å²) in [6, 6.07) is 22.0. The first kappa shape index (κ1) is 20.9. The predicted molar refractivity (Wildman–Crippen MR) is 122 cm³/mol. The number of methoxy groups -OCH3 is 1. The molecule has 6 heteroatoms. The van der Waals surface area contributed by atoms with E-state index in [0.717, 1.165) is 37.5 Å². The van der Waals surface area contributed by atoms with E-state index in [9.17, 15) is 4.79 Å². The molecule has 1 aliphatic rings. The molecule has 2 aromatic carbocycles. The molecule has 1 unspecified atom stereocenters. The van der Waals surface area contributed by atoms with E-state index in [0.29, 0.717) is 12.1 Å². The highest BCUT2D eigenvalue weighted by molar-refractivity contribution is 5.94. The summed E-state index contributed by atoms with van der Waals surface area (Å²) >= 11 is 0. The highest BCUT2D eigenvalue weighted by Crippen LogP contribution is 2.15. The van der Waals surface area contributed by atoms with Crippen LogP contribution in [0.3, 0.4) is 0 Å². The topological polar surface area (TPSA) is 58.9 Å². The van der Waals surface area contributed by atoms with Gasteiger partial charge in [-0.2, -0.15) is 0 Å². The molecule has 6 nitrogen and oxygen atoms in total. The van der Waals surface area contributed by atoms with Crippen molar-refractivity contribution < 1.29 is 14.4 Å². The largest absolute Gasteiger partial charge is 0.497 e. The van der Waals surface area contributed by atoms with E-state index in [1.807, 2.05) is 24.4 Å². The number of hydrogen-bond donors (Lipinski definition) is 2. The summed E-state index contributed by atoms with van der Waals surface area (Å²) in [5.74, 6) is 0.671. The third kappa shape index (κ3) is 5.22. The first-order chi connectivity index (χ1) is 15.2. The summed E-state index contributed by atoms with van der Waals surface area (Å²) in [7, 11) is 1.62. The fourth-order valence-corrected chi connectivity index (χ4v) is 4.16. The Kier molecular flexibility index (Phi) is 6.79. The second kappa shape index (κ2) is 10.1. The maximum absolute atomic E-state index is 12.7. The third-order valence-corrected chi connectivity index (χ3v) is 5.93. The van der Waals surface area contributed by atoms with Gasteiger partial charge in [-0.1, -0.05) is 18.2 Å². The molecule has 0 spiro atoms. The van der Waals surface area contributed by atoms with Gasteiger partial charge in [0.25, 0.3) is 5.91 Å². The molecule has 0 saturated carbocycles. The molecule has 2 N–H and O–H groups in total. The summed E-state index contributed by atoms with van der Waals surface area (Å²) in [6.45, 7) is 4.56. The number of carbonyl (C=O) groups excluding carboxylic acids is 1. The molecule has 3 aromatic rings. The van der Waals surface area contributed by atoms with Gasteiger partial charge in [0, 0.05) is 29.2 Å². The van der Waals surface area contributed by atoms with Gasteiger partial charge in [0.05, 0.1) is 39.8 Å². The van der Waals surface area contributed by atoms with E-state index < -0.39 is 0 Å². The number of pyridine rings is 1. The number of aromatic nitrogens is 1. The molecule has 2 heterocycles. The van der Waals surface area contributed by atoms with E-state index in [1.165, 1.54) is 10.6 Å². The van der Waals surface area contributed by atoms with Crippen LogP contribution in [-0.4, -0.2) is 50.7 Å². The normalized spacial score (nSPS) is 15.3. The number of nitrogens with zero attached hydrogens (tertiary/aromatic N) is 2. The minimum absolute atomic E-state index is 0.0705. The van der Waals surface area contributed by atoms with E-state index in [4.69, 9.17) is 4.74 Å². The van der Waals surface area contributed by atoms with Crippen molar-refractivity contribution in [1.29, 1.82) is 0 Å². The van der Waals surface area contributed by atoms with Crippen LogP contribution in [0, 0.1) is 0 Å². The fourth-order valence-electron chi connectivity index (χ4n) is 4.16. The molecule has 160 valence electrons. The van der Waals surface area contributed by atoms with E-state index in [1.54, 1.807) is 25.4 Å². The van der Waals surface area contributed by atoms with Crippen molar-refractivity contribution in [2.75, 3.05) is 44.7 Å². The number of para-hydroxylation sites is 1. The number of anilines is 1. The van der Waals surface area contributed by atoms with Crippen LogP contribution in [0.2, 0.25) is 0 Å². The highest BCUT2D eigenvalue weighted by Gasteiger charge is 2.29. The maximum Gasteiger partial charge on any atom is 0.251 e. The summed E-state index contributed by atoms with van der Waals surface area (Å²) < 4.78 is 5.18. The minimum atomic E-state index is -0.0705. The Hall–Kier alpha value is -3.38. The van der Waals surface area contributed by atoms with Crippen LogP contribution in [-0.2, 0) is 0 Å². The van der Waals surface area contributed by atoms with Gasteiger partial charge in [-0.15, -0.1) is 0 Å². The molecule has 1 aliphatic heterocycles. The monoisotopic (exact) mass is 417 g/mol. The van der Waals surface area contributed by atoms with Crippen LogP contribution in [0.1, 0.15) is 22.0 Å². The Morgan fingerprint density at radius 2 is 1.81 bits per heavy atom. The second-order valence-electron chi connectivity index (χ2n) is 7.76. The molecule has 1 aromatic heterocycles. The van der Waals surface area contributed by atoms with Gasteiger partial charge in [0.15, 0.2) is 0 Å². The average Bonchev–Trinajstić information content (AvgIpc) is 2.85. The Balaban J connectivity index is 1.42. The first-order valence-electron chi connectivity index (χ1n) is 10.7. The van der Waals surface area contributed by atoms with Gasteiger partial charge in [-0.25, -0.2) is 0 Å². The van der Waals surface area contributed by atoms with Crippen LogP contribution in [0.25, 0.3) is 0 Å². The Bertz CT molecular complexity index is 956. The predicted octanol–water partition coefficient (Wildman–Crippen LogP) is 1.97. The molecule has 0 aliphatic carbocycles. The van der Waals surface area contributed by atoms with Gasteiger partial charge in [-0.05, 0) is 48.5 Å². The van der Waals surface area contributed by atoms with Crippen molar-refractivity contribution in [3.8, 4) is 5.75 Å². The van der Waals surface area contributed by atoms with Crippen LogP contribution in [0.5, 0.6) is 5.75 Å². The lowest BCUT2D eigenvalue weighted by molar-refractivity contribution is -0.931. The Morgan fingerprint density at radius 3 is 2.45 bits per heavy atom. The van der Waals surface area contributed by atoms with Gasteiger partial charge in [0.2, 0.25) is 0 Å². The zero-order valence-electron chi connectivity index (χ0n) is 17.8. The highest BCUT2D eigenvalue weighted by atomic mass is 16.5. The molecular weight excluding hydrogens is 388 g/mol. The van der Waals surface area contributed by atoms with Crippen LogP contribution in [0.4, 0.5) is 5.69 Å². The standard InChI is InChI=1S/C25H28N4O2/c1-31-23-11-9-20(10-12-23)25(30)27-19-24(21-6-5-13-26-18-21)29-16-14-28(15-17-29)22-7-3-2-4-8-22/h2-13,18,24H,14-17,19H2,1H3,(H,27,30)/p+1. The van der Waals surface area contributed by atoms with Gasteiger partial charge >= 0.3 is 0 Å². The molecule has 0 radical (unpaired) electrons. The molecule has 1 saturated heterocycles. The quantitative estimate of drug-likeness (QED) is 0.617. The SMILES string of the molecule is COc1ccc(C(=O)NCC(c2cccnc2)[NH+]2CCN(c3ccccc3)CC2)cc1. The molecule has 1 atom stereocenters. The van der Waals surface area contributed by atoms with Crippen molar-refractivity contribution in [1.82, 2.24) is 10.3 Å². The lowest BCUT2D eigenvalue weighted by Gasteiger charge is -2.37. The van der Waals surface area contributed by atoms with Gasteiger partial charge < -0.3 is 19.9 Å². The number of hydrogen-bond acceptors (Lipinski definition) is 4. The maximum atomic E-state index is 12.7. The molecule has 31 heavy (non-hydrogen) atoms. The van der Waals surface area contributed by atoms with Crippen LogP contribution >= 0.6 is 0 Å². The number of benzene rings is 2. The zero-order chi connectivity index (χ0) is 21.5. The number of rotatable bonds is 7. The zero-order valence-corrected chi connectivity index (χ0v) is 17.8. The third-order valence-electron chi connectivity index (χ3n) is 5.93. The lowest BCUT2D eigenvalue weighted by atomic mass is 10.1. The second-order valence-corrected chi connectivity index (χ2v) is 7.76. The van der Waals surface area contributed by atoms with Gasteiger partial charge in [0.1, 0.15) is 11.8 Å². The number of amides is 1. The lowest BCUT2D eigenvalue weighted by Crippen LogP contribution is -3.15. The molecule has 1 fully saturated rings. The molecule has 4 rings (SSSR count). The van der Waals surface area contributed by atoms with E-state index in [-0.39, 0.29) is 11.9 Å². The van der Waals surface area contributed by atoms with E-state index in [2.05, 4.69) is 51.6 Å². The summed E-state index contributed by atoms with van der Waals surface area (Å²) in [6.07, 6.45) is 3.71. The number of nitrogens with one attached hydrogen (secondary N) is 2. The number of carbonyl (C=O) groups is 1. The average molecular weight is 418 g/mol. The van der Waals surface area contributed by atoms with Crippen molar-refractivity contribution in [3.63, 3.8) is 0 Å². The molecule has 1 amide bonds. The molecular formula is C25H29N4O2+. The Morgan fingerprint density at radius 1 is 1.06 bits per heavy atom. The number of ether oxygens (including phenoxy) is 1.